The summed E-state index contributed by atoms with van der Waals surface area (Å²) in [6, 6.07) is 10.7. The van der Waals surface area contributed by atoms with Gasteiger partial charge in [-0.1, -0.05) is 48.3 Å². The van der Waals surface area contributed by atoms with Crippen molar-refractivity contribution in [3.8, 4) is 11.5 Å². The highest BCUT2D eigenvalue weighted by molar-refractivity contribution is 9.10. The molecular formula is C26H35BrN2O4. The van der Waals surface area contributed by atoms with E-state index in [-0.39, 0.29) is 18.4 Å². The van der Waals surface area contributed by atoms with Crippen molar-refractivity contribution in [1.29, 1.82) is 0 Å². The smallest absolute Gasteiger partial charge is 0.261 e. The Balaban J connectivity index is 2.21. The van der Waals surface area contributed by atoms with Crippen molar-refractivity contribution in [3.63, 3.8) is 0 Å². The average molecular weight is 519 g/mol. The molecular weight excluding hydrogens is 484 g/mol. The highest BCUT2D eigenvalue weighted by Crippen LogP contribution is 2.26. The van der Waals surface area contributed by atoms with Crippen molar-refractivity contribution in [3.05, 3.63) is 57.6 Å². The van der Waals surface area contributed by atoms with Crippen LogP contribution in [0.2, 0.25) is 0 Å². The number of benzene rings is 2. The molecule has 33 heavy (non-hydrogen) atoms. The molecule has 0 unspecified atom stereocenters. The van der Waals surface area contributed by atoms with Crippen LogP contribution in [-0.4, -0.2) is 43.0 Å². The highest BCUT2D eigenvalue weighted by Gasteiger charge is 2.28. The fraction of sp³-hybridized carbons (Fsp3) is 0.462. The Morgan fingerprint density at radius 2 is 1.70 bits per heavy atom. The molecule has 0 aromatic heterocycles. The maximum atomic E-state index is 13.3. The van der Waals surface area contributed by atoms with Crippen LogP contribution in [0.5, 0.6) is 11.5 Å². The SMILES string of the molecule is CCCCNC(=O)[C@H](CC)N(Cc1ccc(OC)cc1)C(=O)COc1cc(C)c(Br)c(C)c1. The molecule has 0 fully saturated rings. The quantitative estimate of drug-likeness (QED) is 0.393. The van der Waals surface area contributed by atoms with E-state index in [0.29, 0.717) is 25.3 Å². The van der Waals surface area contributed by atoms with Crippen molar-refractivity contribution in [2.24, 2.45) is 0 Å². The Labute approximate surface area is 205 Å². The first-order valence-corrected chi connectivity index (χ1v) is 12.2. The maximum absolute atomic E-state index is 13.3. The number of carbonyl (C=O) groups excluding carboxylic acids is 2. The van der Waals surface area contributed by atoms with Gasteiger partial charge >= 0.3 is 0 Å². The predicted octanol–water partition coefficient (Wildman–Crippen LogP) is 5.18. The van der Waals surface area contributed by atoms with E-state index in [0.717, 1.165) is 39.8 Å². The summed E-state index contributed by atoms with van der Waals surface area (Å²) in [7, 11) is 1.61. The molecule has 0 bridgehead atoms. The van der Waals surface area contributed by atoms with Crippen LogP contribution in [-0.2, 0) is 16.1 Å². The molecule has 180 valence electrons. The van der Waals surface area contributed by atoms with Gasteiger partial charge in [0.05, 0.1) is 7.11 Å². The summed E-state index contributed by atoms with van der Waals surface area (Å²) >= 11 is 3.55. The van der Waals surface area contributed by atoms with E-state index in [4.69, 9.17) is 9.47 Å². The van der Waals surface area contributed by atoms with Gasteiger partial charge in [-0.3, -0.25) is 9.59 Å². The lowest BCUT2D eigenvalue weighted by molar-refractivity contribution is -0.143. The lowest BCUT2D eigenvalue weighted by atomic mass is 10.1. The monoisotopic (exact) mass is 518 g/mol. The number of nitrogens with zero attached hydrogens (tertiary/aromatic N) is 1. The van der Waals surface area contributed by atoms with E-state index in [1.54, 1.807) is 12.0 Å². The van der Waals surface area contributed by atoms with Gasteiger partial charge in [0.1, 0.15) is 17.5 Å². The summed E-state index contributed by atoms with van der Waals surface area (Å²) < 4.78 is 12.1. The number of methoxy groups -OCH3 is 1. The molecule has 0 aliphatic carbocycles. The topological polar surface area (TPSA) is 67.9 Å². The molecule has 0 aliphatic heterocycles. The van der Waals surface area contributed by atoms with Crippen molar-refractivity contribution < 1.29 is 19.1 Å². The van der Waals surface area contributed by atoms with E-state index in [2.05, 4.69) is 28.2 Å². The van der Waals surface area contributed by atoms with Gasteiger partial charge in [-0.2, -0.15) is 0 Å². The Morgan fingerprint density at radius 3 is 2.24 bits per heavy atom. The van der Waals surface area contributed by atoms with Crippen LogP contribution in [0, 0.1) is 13.8 Å². The summed E-state index contributed by atoms with van der Waals surface area (Å²) in [5.74, 6) is 1.00. The van der Waals surface area contributed by atoms with Crippen LogP contribution in [0.1, 0.15) is 49.8 Å². The first-order valence-electron chi connectivity index (χ1n) is 11.4. The molecule has 0 radical (unpaired) electrons. The van der Waals surface area contributed by atoms with Crippen molar-refractivity contribution >= 4 is 27.7 Å². The fourth-order valence-electron chi connectivity index (χ4n) is 3.57. The number of ether oxygens (including phenoxy) is 2. The van der Waals surface area contributed by atoms with Crippen molar-refractivity contribution in [2.75, 3.05) is 20.3 Å². The van der Waals surface area contributed by atoms with Gasteiger partial charge in [-0.05, 0) is 67.6 Å². The zero-order valence-electron chi connectivity index (χ0n) is 20.2. The first-order chi connectivity index (χ1) is 15.8. The van der Waals surface area contributed by atoms with Gasteiger partial charge in [-0.25, -0.2) is 0 Å². The first kappa shape index (κ1) is 26.7. The van der Waals surface area contributed by atoms with Crippen LogP contribution in [0.25, 0.3) is 0 Å². The Hall–Kier alpha value is -2.54. The van der Waals surface area contributed by atoms with Crippen LogP contribution < -0.4 is 14.8 Å². The summed E-state index contributed by atoms with van der Waals surface area (Å²) in [5.41, 5.74) is 2.99. The summed E-state index contributed by atoms with van der Waals surface area (Å²) in [4.78, 5) is 27.8. The number of rotatable bonds is 12. The number of nitrogens with one attached hydrogen (secondary N) is 1. The molecule has 1 atom stereocenters. The number of carbonyl (C=O) groups is 2. The number of aryl methyl sites for hydroxylation is 2. The third kappa shape index (κ3) is 7.77. The normalized spacial score (nSPS) is 11.6. The molecule has 7 heteroatoms. The van der Waals surface area contributed by atoms with Gasteiger partial charge in [-0.15, -0.1) is 0 Å². The fourth-order valence-corrected chi connectivity index (χ4v) is 3.80. The van der Waals surface area contributed by atoms with E-state index in [9.17, 15) is 9.59 Å². The molecule has 0 saturated carbocycles. The Kier molecular flexibility index (Phi) is 10.7. The number of halogens is 1. The van der Waals surface area contributed by atoms with Gasteiger partial charge in [0.2, 0.25) is 5.91 Å². The van der Waals surface area contributed by atoms with Gasteiger partial charge < -0.3 is 19.7 Å². The lowest BCUT2D eigenvalue weighted by Crippen LogP contribution is -2.50. The number of unbranched alkanes of at least 4 members (excludes halogenated alkanes) is 1. The highest BCUT2D eigenvalue weighted by atomic mass is 79.9. The minimum absolute atomic E-state index is 0.136. The molecule has 0 aliphatic rings. The number of amides is 2. The zero-order valence-corrected chi connectivity index (χ0v) is 21.8. The average Bonchev–Trinajstić information content (AvgIpc) is 2.81. The maximum Gasteiger partial charge on any atom is 0.261 e. The van der Waals surface area contributed by atoms with Gasteiger partial charge in [0.25, 0.3) is 5.91 Å². The zero-order chi connectivity index (χ0) is 24.4. The molecule has 1 N–H and O–H groups in total. The molecule has 2 rings (SSSR count). The van der Waals surface area contributed by atoms with Crippen LogP contribution in [0.15, 0.2) is 40.9 Å². The predicted molar refractivity (Wildman–Crippen MR) is 135 cm³/mol. The second kappa shape index (κ2) is 13.2. The van der Waals surface area contributed by atoms with E-state index < -0.39 is 6.04 Å². The second-order valence-electron chi connectivity index (χ2n) is 8.10. The third-order valence-electron chi connectivity index (χ3n) is 5.50. The van der Waals surface area contributed by atoms with Crippen molar-refractivity contribution in [1.82, 2.24) is 10.2 Å². The Morgan fingerprint density at radius 1 is 1.06 bits per heavy atom. The van der Waals surface area contributed by atoms with Crippen LogP contribution in [0.3, 0.4) is 0 Å². The Bertz CT molecular complexity index is 907. The lowest BCUT2D eigenvalue weighted by Gasteiger charge is -2.30. The minimum Gasteiger partial charge on any atom is -0.497 e. The standard InChI is InChI=1S/C26H35BrN2O4/c1-6-8-13-28-26(31)23(7-2)29(16-20-9-11-21(32-5)12-10-20)24(30)17-33-22-14-18(3)25(27)19(4)15-22/h9-12,14-15,23H,6-8,13,16-17H2,1-5H3,(H,28,31)/t23-/m0/s1. The van der Waals surface area contributed by atoms with E-state index in [1.165, 1.54) is 0 Å². The number of hydrogen-bond acceptors (Lipinski definition) is 4. The largest absolute Gasteiger partial charge is 0.497 e. The third-order valence-corrected chi connectivity index (χ3v) is 6.75. The molecule has 2 aromatic rings. The number of hydrogen-bond donors (Lipinski definition) is 1. The van der Waals surface area contributed by atoms with Crippen molar-refractivity contribution in [2.45, 2.75) is 59.5 Å². The molecule has 0 saturated heterocycles. The molecule has 0 heterocycles. The van der Waals surface area contributed by atoms with E-state index in [1.807, 2.05) is 57.2 Å². The molecule has 2 aromatic carbocycles. The van der Waals surface area contributed by atoms with Crippen LogP contribution in [0.4, 0.5) is 0 Å². The minimum atomic E-state index is -0.576. The summed E-state index contributed by atoms with van der Waals surface area (Å²) in [5, 5.41) is 2.97. The molecule has 6 nitrogen and oxygen atoms in total. The summed E-state index contributed by atoms with van der Waals surface area (Å²) in [6.07, 6.45) is 2.40. The van der Waals surface area contributed by atoms with Gasteiger partial charge in [0, 0.05) is 17.6 Å². The molecule has 2 amide bonds. The van der Waals surface area contributed by atoms with E-state index >= 15 is 0 Å². The van der Waals surface area contributed by atoms with Crippen LogP contribution >= 0.6 is 15.9 Å². The summed E-state index contributed by atoms with van der Waals surface area (Å²) in [6.45, 7) is 8.72. The second-order valence-corrected chi connectivity index (χ2v) is 8.89. The van der Waals surface area contributed by atoms with Gasteiger partial charge in [0.15, 0.2) is 6.61 Å². The molecule has 0 spiro atoms.